The van der Waals surface area contributed by atoms with Crippen LogP contribution in [-0.4, -0.2) is 45.4 Å². The largest absolute Gasteiger partial charge is 0.394 e. The summed E-state index contributed by atoms with van der Waals surface area (Å²) in [6, 6.07) is 7.67. The molecule has 0 aliphatic carbocycles. The Morgan fingerprint density at radius 2 is 1.91 bits per heavy atom. The fourth-order valence-electron chi connectivity index (χ4n) is 3.12. The van der Waals surface area contributed by atoms with Gasteiger partial charge in [0.2, 0.25) is 0 Å². The lowest BCUT2D eigenvalue weighted by Crippen LogP contribution is -2.38. The maximum atomic E-state index is 13.0. The molecule has 0 bridgehead atoms. The van der Waals surface area contributed by atoms with Crippen molar-refractivity contribution in [1.82, 2.24) is 14.7 Å². The number of rotatable bonds is 4. The summed E-state index contributed by atoms with van der Waals surface area (Å²) in [4.78, 5) is 14.2. The van der Waals surface area contributed by atoms with Crippen molar-refractivity contribution in [2.75, 3.05) is 19.7 Å². The van der Waals surface area contributed by atoms with E-state index in [-0.39, 0.29) is 18.3 Å². The second-order valence-corrected chi connectivity index (χ2v) is 5.78. The number of likely N-dealkylation sites (tertiary alicyclic amines) is 1. The molecule has 23 heavy (non-hydrogen) atoms. The molecule has 1 aliphatic rings. The first-order chi connectivity index (χ1) is 11.2. The number of amides is 1. The number of hydrogen-bond acceptors (Lipinski definition) is 3. The summed E-state index contributed by atoms with van der Waals surface area (Å²) >= 11 is 0. The maximum Gasteiger partial charge on any atom is 0.253 e. The number of aliphatic hydroxyl groups is 1. The second-order valence-electron chi connectivity index (χ2n) is 5.78. The summed E-state index contributed by atoms with van der Waals surface area (Å²) in [5.74, 6) is -0.0361. The Labute approximate surface area is 134 Å². The van der Waals surface area contributed by atoms with Crippen molar-refractivity contribution in [3.63, 3.8) is 0 Å². The monoisotopic (exact) mass is 317 g/mol. The van der Waals surface area contributed by atoms with Gasteiger partial charge in [0.05, 0.1) is 13.2 Å². The lowest BCUT2D eigenvalue weighted by molar-refractivity contribution is 0.0711. The topological polar surface area (TPSA) is 58.4 Å². The molecule has 1 amide bonds. The summed E-state index contributed by atoms with van der Waals surface area (Å²) in [6.07, 6.45) is 3.48. The second kappa shape index (κ2) is 6.91. The number of benzene rings is 1. The fourth-order valence-corrected chi connectivity index (χ4v) is 3.12. The van der Waals surface area contributed by atoms with Crippen LogP contribution in [0.1, 0.15) is 34.8 Å². The maximum absolute atomic E-state index is 13.0. The molecule has 1 aromatic carbocycles. The highest BCUT2D eigenvalue weighted by atomic mass is 19.1. The highest BCUT2D eigenvalue weighted by Crippen LogP contribution is 2.28. The van der Waals surface area contributed by atoms with E-state index in [9.17, 15) is 9.18 Å². The molecule has 122 valence electrons. The Hall–Kier alpha value is -2.21. The van der Waals surface area contributed by atoms with Crippen molar-refractivity contribution in [1.29, 1.82) is 0 Å². The average Bonchev–Trinajstić information content (AvgIpc) is 3.04. The summed E-state index contributed by atoms with van der Waals surface area (Å²) in [5, 5.41) is 13.3. The number of carbonyl (C=O) groups excluding carboxylic acids is 1. The average molecular weight is 317 g/mol. The van der Waals surface area contributed by atoms with Gasteiger partial charge in [-0.3, -0.25) is 9.48 Å². The van der Waals surface area contributed by atoms with Crippen LogP contribution in [0.4, 0.5) is 4.39 Å². The van der Waals surface area contributed by atoms with Crippen molar-refractivity contribution < 1.29 is 14.3 Å². The number of aliphatic hydroxyl groups excluding tert-OH is 1. The molecule has 0 spiro atoms. The molecule has 0 atom stereocenters. The molecule has 0 saturated carbocycles. The van der Waals surface area contributed by atoms with Gasteiger partial charge in [-0.2, -0.15) is 5.10 Å². The zero-order valence-electron chi connectivity index (χ0n) is 12.9. The number of nitrogens with zero attached hydrogens (tertiary/aromatic N) is 3. The van der Waals surface area contributed by atoms with Gasteiger partial charge in [0.15, 0.2) is 0 Å². The van der Waals surface area contributed by atoms with Crippen LogP contribution in [0.2, 0.25) is 0 Å². The highest BCUT2D eigenvalue weighted by molar-refractivity contribution is 5.94. The predicted molar refractivity (Wildman–Crippen MR) is 83.6 cm³/mol. The first-order valence-corrected chi connectivity index (χ1v) is 7.86. The summed E-state index contributed by atoms with van der Waals surface area (Å²) in [6.45, 7) is 1.91. The van der Waals surface area contributed by atoms with E-state index >= 15 is 0 Å². The zero-order chi connectivity index (χ0) is 16.2. The van der Waals surface area contributed by atoms with E-state index in [1.807, 2.05) is 15.6 Å². The standard InChI is InChI=1S/C17H20FN3O2/c18-15-3-1-14(2-4-15)17(23)20-9-6-13(7-10-20)16-5-8-19-21(16)11-12-22/h1-5,8,13,22H,6-7,9-12H2. The van der Waals surface area contributed by atoms with Gasteiger partial charge in [-0.05, 0) is 43.2 Å². The molecule has 5 nitrogen and oxygen atoms in total. The first-order valence-electron chi connectivity index (χ1n) is 7.86. The summed E-state index contributed by atoms with van der Waals surface area (Å²) in [5.41, 5.74) is 1.64. The molecule has 1 aliphatic heterocycles. The third-order valence-electron chi connectivity index (χ3n) is 4.35. The van der Waals surface area contributed by atoms with Crippen molar-refractivity contribution in [3.05, 3.63) is 53.6 Å². The highest BCUT2D eigenvalue weighted by Gasteiger charge is 2.26. The number of carbonyl (C=O) groups is 1. The van der Waals surface area contributed by atoms with Gasteiger partial charge in [-0.15, -0.1) is 0 Å². The van der Waals surface area contributed by atoms with Gasteiger partial charge < -0.3 is 10.0 Å². The number of piperidine rings is 1. The molecule has 0 radical (unpaired) electrons. The van der Waals surface area contributed by atoms with E-state index in [2.05, 4.69) is 5.10 Å². The van der Waals surface area contributed by atoms with Gasteiger partial charge in [0, 0.05) is 36.5 Å². The molecule has 2 heterocycles. The van der Waals surface area contributed by atoms with E-state index in [1.54, 1.807) is 6.20 Å². The zero-order valence-corrected chi connectivity index (χ0v) is 12.9. The Balaban J connectivity index is 1.63. The minimum atomic E-state index is -0.336. The van der Waals surface area contributed by atoms with Crippen LogP contribution < -0.4 is 0 Å². The Kier molecular flexibility index (Phi) is 4.71. The number of hydrogen-bond donors (Lipinski definition) is 1. The lowest BCUT2D eigenvalue weighted by atomic mass is 9.93. The molecular weight excluding hydrogens is 297 g/mol. The van der Waals surface area contributed by atoms with E-state index in [1.165, 1.54) is 24.3 Å². The normalized spacial score (nSPS) is 15.8. The van der Waals surface area contributed by atoms with Crippen LogP contribution in [0.3, 0.4) is 0 Å². The van der Waals surface area contributed by atoms with Gasteiger partial charge in [-0.1, -0.05) is 0 Å². The molecule has 2 aromatic rings. The smallest absolute Gasteiger partial charge is 0.253 e. The third-order valence-corrected chi connectivity index (χ3v) is 4.35. The molecule has 1 aromatic heterocycles. The van der Waals surface area contributed by atoms with Gasteiger partial charge in [-0.25, -0.2) is 4.39 Å². The summed E-state index contributed by atoms with van der Waals surface area (Å²) < 4.78 is 14.8. The Morgan fingerprint density at radius 1 is 1.22 bits per heavy atom. The van der Waals surface area contributed by atoms with Crippen LogP contribution in [-0.2, 0) is 6.54 Å². The van der Waals surface area contributed by atoms with Crippen LogP contribution in [0.25, 0.3) is 0 Å². The Morgan fingerprint density at radius 3 is 2.57 bits per heavy atom. The van der Waals surface area contributed by atoms with Crippen molar-refractivity contribution in [2.24, 2.45) is 0 Å². The minimum Gasteiger partial charge on any atom is -0.394 e. The van der Waals surface area contributed by atoms with Crippen LogP contribution in [0.15, 0.2) is 36.5 Å². The van der Waals surface area contributed by atoms with Crippen LogP contribution in [0, 0.1) is 5.82 Å². The van der Waals surface area contributed by atoms with E-state index < -0.39 is 0 Å². The van der Waals surface area contributed by atoms with E-state index in [4.69, 9.17) is 5.11 Å². The molecule has 1 fully saturated rings. The molecule has 0 unspecified atom stereocenters. The molecular formula is C17H20FN3O2. The lowest BCUT2D eigenvalue weighted by Gasteiger charge is -2.32. The molecule has 6 heteroatoms. The number of aromatic nitrogens is 2. The van der Waals surface area contributed by atoms with Crippen molar-refractivity contribution in [3.8, 4) is 0 Å². The molecule has 1 N–H and O–H groups in total. The van der Waals surface area contributed by atoms with E-state index in [0.717, 1.165) is 18.5 Å². The SMILES string of the molecule is O=C(c1ccc(F)cc1)N1CCC(c2ccnn2CCO)CC1. The quantitative estimate of drug-likeness (QED) is 0.939. The van der Waals surface area contributed by atoms with Gasteiger partial charge >= 0.3 is 0 Å². The van der Waals surface area contributed by atoms with Crippen LogP contribution in [0.5, 0.6) is 0 Å². The van der Waals surface area contributed by atoms with E-state index in [0.29, 0.717) is 31.1 Å². The third kappa shape index (κ3) is 3.42. The van der Waals surface area contributed by atoms with Crippen molar-refractivity contribution in [2.45, 2.75) is 25.3 Å². The number of halogens is 1. The predicted octanol–water partition coefficient (Wildman–Crippen LogP) is 2.03. The fraction of sp³-hybridized carbons (Fsp3) is 0.412. The first kappa shape index (κ1) is 15.7. The van der Waals surface area contributed by atoms with Crippen LogP contribution >= 0.6 is 0 Å². The molecule has 1 saturated heterocycles. The van der Waals surface area contributed by atoms with Gasteiger partial charge in [0.1, 0.15) is 5.82 Å². The minimum absolute atomic E-state index is 0.0488. The van der Waals surface area contributed by atoms with Crippen molar-refractivity contribution >= 4 is 5.91 Å². The Bertz CT molecular complexity index is 661. The molecule has 3 rings (SSSR count). The summed E-state index contributed by atoms with van der Waals surface area (Å²) in [7, 11) is 0. The van der Waals surface area contributed by atoms with Gasteiger partial charge in [0.25, 0.3) is 5.91 Å².